The van der Waals surface area contributed by atoms with Crippen molar-refractivity contribution in [1.29, 1.82) is 0 Å². The van der Waals surface area contributed by atoms with Gasteiger partial charge in [-0.1, -0.05) is 30.3 Å². The molecule has 158 valence electrons. The predicted molar refractivity (Wildman–Crippen MR) is 121 cm³/mol. The molecule has 0 saturated heterocycles. The second kappa shape index (κ2) is 8.04. The lowest BCUT2D eigenvalue weighted by Gasteiger charge is -2.38. The van der Waals surface area contributed by atoms with Gasteiger partial charge in [0.15, 0.2) is 17.1 Å². The third-order valence-electron chi connectivity index (χ3n) is 6.13. The third-order valence-corrected chi connectivity index (χ3v) is 6.13. The molecule has 1 aliphatic heterocycles. The van der Waals surface area contributed by atoms with Gasteiger partial charge in [-0.05, 0) is 53.8 Å². The van der Waals surface area contributed by atoms with Crippen molar-refractivity contribution >= 4 is 11.0 Å². The lowest BCUT2D eigenvalue weighted by atomic mass is 9.87. The van der Waals surface area contributed by atoms with Crippen LogP contribution in [0.3, 0.4) is 0 Å². The Morgan fingerprint density at radius 2 is 1.84 bits per heavy atom. The first-order valence-electron chi connectivity index (χ1n) is 10.5. The summed E-state index contributed by atoms with van der Waals surface area (Å²) in [4.78, 5) is 7.07. The smallest absolute Gasteiger partial charge is 0.181 e. The van der Waals surface area contributed by atoms with Gasteiger partial charge >= 0.3 is 0 Å². The van der Waals surface area contributed by atoms with Crippen LogP contribution in [0.25, 0.3) is 11.0 Å². The van der Waals surface area contributed by atoms with Crippen molar-refractivity contribution in [2.75, 3.05) is 20.8 Å². The van der Waals surface area contributed by atoms with Gasteiger partial charge in [0.05, 0.1) is 20.3 Å². The number of benzene rings is 2. The van der Waals surface area contributed by atoms with Crippen LogP contribution < -0.4 is 9.47 Å². The number of aromatic nitrogens is 3. The van der Waals surface area contributed by atoms with E-state index in [1.54, 1.807) is 14.2 Å². The van der Waals surface area contributed by atoms with E-state index >= 15 is 0 Å². The quantitative estimate of drug-likeness (QED) is 0.523. The van der Waals surface area contributed by atoms with Crippen molar-refractivity contribution < 1.29 is 9.47 Å². The third kappa shape index (κ3) is 3.53. The molecule has 0 radical (unpaired) electrons. The second-order valence-corrected chi connectivity index (χ2v) is 8.00. The van der Waals surface area contributed by atoms with Gasteiger partial charge in [0.25, 0.3) is 0 Å². The number of hydrogen-bond donors (Lipinski definition) is 1. The Kier molecular flexibility index (Phi) is 5.08. The zero-order chi connectivity index (χ0) is 21.4. The number of hydrogen-bond acceptors (Lipinski definition) is 5. The number of aryl methyl sites for hydroxylation is 1. The first-order chi connectivity index (χ1) is 15.2. The maximum absolute atomic E-state index is 5.63. The van der Waals surface area contributed by atoms with Gasteiger partial charge in [-0.3, -0.25) is 10.00 Å². The highest BCUT2D eigenvalue weighted by atomic mass is 16.5. The number of fused-ring (bicyclic) bond motifs is 2. The van der Waals surface area contributed by atoms with Gasteiger partial charge in [0.1, 0.15) is 0 Å². The average Bonchev–Trinajstić information content (AvgIpc) is 3.18. The largest absolute Gasteiger partial charge is 0.493 e. The minimum absolute atomic E-state index is 0.130. The summed E-state index contributed by atoms with van der Waals surface area (Å²) in [5.74, 6) is 1.55. The summed E-state index contributed by atoms with van der Waals surface area (Å²) in [6.07, 6.45) is 2.90. The summed E-state index contributed by atoms with van der Waals surface area (Å²) in [5, 5.41) is 8.37. The van der Waals surface area contributed by atoms with E-state index < -0.39 is 0 Å². The lowest BCUT2D eigenvalue weighted by Crippen LogP contribution is -2.35. The number of ether oxygens (including phenoxy) is 2. The number of methoxy groups -OCH3 is 2. The van der Waals surface area contributed by atoms with Gasteiger partial charge < -0.3 is 9.47 Å². The van der Waals surface area contributed by atoms with Crippen molar-refractivity contribution in [2.45, 2.75) is 25.9 Å². The van der Waals surface area contributed by atoms with Gasteiger partial charge in [0, 0.05) is 30.4 Å². The molecule has 2 aromatic heterocycles. The number of nitrogens with zero attached hydrogens (tertiary/aromatic N) is 3. The number of aromatic amines is 1. The molecule has 0 fully saturated rings. The molecule has 6 heteroatoms. The van der Waals surface area contributed by atoms with E-state index in [0.29, 0.717) is 0 Å². The topological polar surface area (TPSA) is 63.3 Å². The van der Waals surface area contributed by atoms with Crippen molar-refractivity contribution in [3.8, 4) is 11.5 Å². The first-order valence-corrected chi connectivity index (χ1v) is 10.5. The van der Waals surface area contributed by atoms with Gasteiger partial charge in [-0.25, -0.2) is 4.98 Å². The molecule has 2 aromatic carbocycles. The van der Waals surface area contributed by atoms with E-state index in [-0.39, 0.29) is 6.04 Å². The van der Waals surface area contributed by atoms with E-state index in [1.807, 2.05) is 13.1 Å². The van der Waals surface area contributed by atoms with Gasteiger partial charge in [-0.15, -0.1) is 0 Å². The molecule has 1 N–H and O–H groups in total. The molecule has 4 aromatic rings. The molecule has 31 heavy (non-hydrogen) atoms. The van der Waals surface area contributed by atoms with Crippen molar-refractivity contribution in [3.63, 3.8) is 0 Å². The number of nitrogens with one attached hydrogen (secondary N) is 1. The molecule has 1 unspecified atom stereocenters. The average molecular weight is 415 g/mol. The van der Waals surface area contributed by atoms with E-state index in [9.17, 15) is 0 Å². The van der Waals surface area contributed by atoms with Crippen LogP contribution in [0.15, 0.2) is 54.7 Å². The van der Waals surface area contributed by atoms with Crippen LogP contribution in [0.5, 0.6) is 11.5 Å². The van der Waals surface area contributed by atoms with Gasteiger partial charge in [-0.2, -0.15) is 5.10 Å². The molecule has 0 amide bonds. The molecule has 3 heterocycles. The summed E-state index contributed by atoms with van der Waals surface area (Å²) < 4.78 is 11.2. The molecule has 0 bridgehead atoms. The van der Waals surface area contributed by atoms with Crippen LogP contribution in [0.2, 0.25) is 0 Å². The molecule has 1 atom stereocenters. The zero-order valence-corrected chi connectivity index (χ0v) is 18.1. The number of rotatable bonds is 5. The Morgan fingerprint density at radius 1 is 1.06 bits per heavy atom. The first kappa shape index (κ1) is 19.6. The predicted octanol–water partition coefficient (Wildman–Crippen LogP) is 4.43. The SMILES string of the molecule is COc1cc2c(cc1OC)C(c1ccccc1)N(Cc1cnc3n[nH]c(C)c3c1)CC2. The fourth-order valence-corrected chi connectivity index (χ4v) is 4.58. The van der Waals surface area contributed by atoms with Crippen molar-refractivity contribution in [3.05, 3.63) is 82.7 Å². The number of H-pyrrole nitrogens is 1. The Balaban J connectivity index is 1.57. The standard InChI is InChI=1S/C25H26N4O2/c1-16-20-11-17(14-26-25(20)28-27-16)15-29-10-9-19-12-22(30-2)23(31-3)13-21(19)24(29)18-7-5-4-6-8-18/h4-8,11-14,24H,9-10,15H2,1-3H3,(H,26,27,28). The summed E-state index contributed by atoms with van der Waals surface area (Å²) in [6.45, 7) is 3.79. The molecule has 0 spiro atoms. The minimum atomic E-state index is 0.130. The minimum Gasteiger partial charge on any atom is -0.493 e. The molecule has 1 aliphatic rings. The number of pyridine rings is 1. The maximum atomic E-state index is 5.63. The Labute approximate surface area is 181 Å². The summed E-state index contributed by atoms with van der Waals surface area (Å²) in [7, 11) is 3.38. The highest BCUT2D eigenvalue weighted by Crippen LogP contribution is 2.41. The molecule has 5 rings (SSSR count). The molecule has 0 saturated carbocycles. The van der Waals surface area contributed by atoms with Crippen LogP contribution in [-0.4, -0.2) is 40.8 Å². The van der Waals surface area contributed by atoms with Crippen molar-refractivity contribution in [2.24, 2.45) is 0 Å². The monoisotopic (exact) mass is 414 g/mol. The Bertz CT molecular complexity index is 1220. The van der Waals surface area contributed by atoms with Crippen LogP contribution in [0.4, 0.5) is 0 Å². The summed E-state index contributed by atoms with van der Waals surface area (Å²) in [6, 6.07) is 17.3. The summed E-state index contributed by atoms with van der Waals surface area (Å²) in [5.41, 5.74) is 6.84. The van der Waals surface area contributed by atoms with E-state index in [4.69, 9.17) is 9.47 Å². The Hall–Kier alpha value is -3.38. The maximum Gasteiger partial charge on any atom is 0.181 e. The zero-order valence-electron chi connectivity index (χ0n) is 18.1. The second-order valence-electron chi connectivity index (χ2n) is 8.00. The highest BCUT2D eigenvalue weighted by Gasteiger charge is 2.30. The fourth-order valence-electron chi connectivity index (χ4n) is 4.58. The fraction of sp³-hybridized carbons (Fsp3) is 0.280. The van der Waals surface area contributed by atoms with E-state index in [0.717, 1.165) is 47.7 Å². The molecular weight excluding hydrogens is 388 g/mol. The Morgan fingerprint density at radius 3 is 2.61 bits per heavy atom. The van der Waals surface area contributed by atoms with E-state index in [2.05, 4.69) is 68.6 Å². The summed E-state index contributed by atoms with van der Waals surface area (Å²) >= 11 is 0. The van der Waals surface area contributed by atoms with Gasteiger partial charge in [0.2, 0.25) is 0 Å². The lowest BCUT2D eigenvalue weighted by molar-refractivity contribution is 0.203. The van der Waals surface area contributed by atoms with Crippen LogP contribution in [0.1, 0.15) is 34.0 Å². The molecule has 0 aliphatic carbocycles. The van der Waals surface area contributed by atoms with Crippen molar-refractivity contribution in [1.82, 2.24) is 20.1 Å². The normalized spacial score (nSPS) is 16.3. The highest BCUT2D eigenvalue weighted by molar-refractivity contribution is 5.77. The van der Waals surface area contributed by atoms with E-state index in [1.165, 1.54) is 22.3 Å². The van der Waals surface area contributed by atoms with Crippen LogP contribution in [0, 0.1) is 6.92 Å². The van der Waals surface area contributed by atoms with Crippen LogP contribution in [-0.2, 0) is 13.0 Å². The van der Waals surface area contributed by atoms with Crippen LogP contribution >= 0.6 is 0 Å². The molecular formula is C25H26N4O2. The molecule has 6 nitrogen and oxygen atoms in total.